The number of nitriles is 1. The van der Waals surface area contributed by atoms with Gasteiger partial charge in [0.25, 0.3) is 0 Å². The SMILES string of the molecule is COC1(F)N(C)C(C#N)CC1(F)F. The molecule has 2 unspecified atom stereocenters. The second kappa shape index (κ2) is 2.86. The van der Waals surface area contributed by atoms with Crippen molar-refractivity contribution in [2.24, 2.45) is 0 Å². The van der Waals surface area contributed by atoms with Gasteiger partial charge in [0.05, 0.1) is 6.07 Å². The fourth-order valence-corrected chi connectivity index (χ4v) is 1.39. The third kappa shape index (κ3) is 1.19. The van der Waals surface area contributed by atoms with Crippen molar-refractivity contribution in [1.29, 1.82) is 5.26 Å². The highest BCUT2D eigenvalue weighted by molar-refractivity contribution is 5.07. The minimum atomic E-state index is -3.64. The summed E-state index contributed by atoms with van der Waals surface area (Å²) in [4.78, 5) is 0.604. The van der Waals surface area contributed by atoms with Crippen molar-refractivity contribution >= 4 is 0 Å². The number of likely N-dealkylation sites (tertiary alicyclic amines) is 1. The highest BCUT2D eigenvalue weighted by Crippen LogP contribution is 2.46. The Morgan fingerprint density at radius 3 is 2.31 bits per heavy atom. The highest BCUT2D eigenvalue weighted by atomic mass is 19.3. The van der Waals surface area contributed by atoms with Crippen LogP contribution in [0.5, 0.6) is 0 Å². The molecule has 74 valence electrons. The Bertz CT molecular complexity index is 253. The summed E-state index contributed by atoms with van der Waals surface area (Å²) in [6.07, 6.45) is -0.843. The Labute approximate surface area is 73.7 Å². The van der Waals surface area contributed by atoms with E-state index in [1.54, 1.807) is 6.07 Å². The third-order valence-electron chi connectivity index (χ3n) is 2.24. The van der Waals surface area contributed by atoms with E-state index in [-0.39, 0.29) is 0 Å². The second-order valence-electron chi connectivity index (χ2n) is 2.93. The molecule has 0 aromatic rings. The van der Waals surface area contributed by atoms with E-state index < -0.39 is 24.4 Å². The summed E-state index contributed by atoms with van der Waals surface area (Å²) in [5.41, 5.74) is 0. The molecule has 2 atom stereocenters. The Kier molecular flexibility index (Phi) is 2.26. The molecule has 1 aliphatic heterocycles. The van der Waals surface area contributed by atoms with E-state index in [9.17, 15) is 13.2 Å². The number of halogens is 3. The third-order valence-corrected chi connectivity index (χ3v) is 2.24. The monoisotopic (exact) mass is 194 g/mol. The Morgan fingerprint density at radius 2 is 2.08 bits per heavy atom. The number of hydrogen-bond donors (Lipinski definition) is 0. The maximum Gasteiger partial charge on any atom is 0.334 e. The summed E-state index contributed by atoms with van der Waals surface area (Å²) in [5, 5.41) is 8.45. The van der Waals surface area contributed by atoms with Gasteiger partial charge in [0, 0.05) is 13.5 Å². The fraction of sp³-hybridized carbons (Fsp3) is 0.857. The molecular formula is C7H9F3N2O. The van der Waals surface area contributed by atoms with Gasteiger partial charge in [-0.2, -0.15) is 18.4 Å². The molecule has 1 fully saturated rings. The standard InChI is InChI=1S/C7H9F3N2O/c1-12-5(4-11)3-6(8,9)7(12,10)13-2/h5H,3H2,1-2H3. The van der Waals surface area contributed by atoms with Gasteiger partial charge in [0.1, 0.15) is 6.04 Å². The fourth-order valence-electron chi connectivity index (χ4n) is 1.39. The second-order valence-corrected chi connectivity index (χ2v) is 2.93. The van der Waals surface area contributed by atoms with Crippen molar-refractivity contribution in [2.75, 3.05) is 14.2 Å². The number of rotatable bonds is 1. The van der Waals surface area contributed by atoms with Gasteiger partial charge in [-0.25, -0.2) is 4.90 Å². The smallest absolute Gasteiger partial charge is 0.332 e. The highest BCUT2D eigenvalue weighted by Gasteiger charge is 2.67. The lowest BCUT2D eigenvalue weighted by molar-refractivity contribution is -0.302. The number of methoxy groups -OCH3 is 1. The van der Waals surface area contributed by atoms with E-state index >= 15 is 0 Å². The number of hydrogen-bond acceptors (Lipinski definition) is 3. The van der Waals surface area contributed by atoms with Gasteiger partial charge >= 0.3 is 11.9 Å². The average Bonchev–Trinajstić information content (AvgIpc) is 2.26. The van der Waals surface area contributed by atoms with Crippen LogP contribution in [-0.2, 0) is 4.74 Å². The van der Waals surface area contributed by atoms with E-state index in [0.717, 1.165) is 14.2 Å². The lowest BCUT2D eigenvalue weighted by atomic mass is 10.2. The van der Waals surface area contributed by atoms with Crippen LogP contribution < -0.4 is 0 Å². The first-order valence-electron chi connectivity index (χ1n) is 3.63. The van der Waals surface area contributed by atoms with Gasteiger partial charge in [-0.15, -0.1) is 0 Å². The summed E-state index contributed by atoms with van der Waals surface area (Å²) in [7, 11) is 1.95. The summed E-state index contributed by atoms with van der Waals surface area (Å²) in [6.45, 7) is 0. The van der Waals surface area contributed by atoms with E-state index in [2.05, 4.69) is 4.74 Å². The van der Waals surface area contributed by atoms with Crippen molar-refractivity contribution in [3.05, 3.63) is 0 Å². The van der Waals surface area contributed by atoms with Crippen LogP contribution in [0.25, 0.3) is 0 Å². The van der Waals surface area contributed by atoms with E-state index in [0.29, 0.717) is 4.90 Å². The molecule has 1 rings (SSSR count). The first-order valence-corrected chi connectivity index (χ1v) is 3.63. The van der Waals surface area contributed by atoms with E-state index in [1.165, 1.54) is 0 Å². The molecule has 0 aliphatic carbocycles. The van der Waals surface area contributed by atoms with Gasteiger partial charge in [-0.05, 0) is 7.05 Å². The lowest BCUT2D eigenvalue weighted by Crippen LogP contribution is -2.51. The average molecular weight is 194 g/mol. The van der Waals surface area contributed by atoms with E-state index in [1.807, 2.05) is 0 Å². The molecule has 0 radical (unpaired) electrons. The van der Waals surface area contributed by atoms with Gasteiger partial charge in [-0.1, -0.05) is 0 Å². The molecule has 0 aromatic heterocycles. The maximum atomic E-state index is 13.5. The molecule has 3 nitrogen and oxygen atoms in total. The summed E-state index contributed by atoms with van der Waals surface area (Å²) in [5.74, 6) is -6.80. The molecule has 6 heteroatoms. The summed E-state index contributed by atoms with van der Waals surface area (Å²) in [6, 6.07) is 0.432. The molecule has 0 bridgehead atoms. The van der Waals surface area contributed by atoms with Crippen molar-refractivity contribution in [3.63, 3.8) is 0 Å². The molecule has 0 aromatic carbocycles. The predicted molar refractivity (Wildman–Crippen MR) is 37.6 cm³/mol. The van der Waals surface area contributed by atoms with Crippen LogP contribution in [0.3, 0.4) is 0 Å². The van der Waals surface area contributed by atoms with Gasteiger partial charge in [-0.3, -0.25) is 0 Å². The first-order chi connectivity index (χ1) is 5.89. The maximum absolute atomic E-state index is 13.5. The van der Waals surface area contributed by atoms with Crippen LogP contribution in [0.1, 0.15) is 6.42 Å². The summed E-state index contributed by atoms with van der Waals surface area (Å²) >= 11 is 0. The minimum Gasteiger partial charge on any atom is -0.332 e. The van der Waals surface area contributed by atoms with Crippen molar-refractivity contribution in [2.45, 2.75) is 24.4 Å². The molecule has 1 aliphatic rings. The van der Waals surface area contributed by atoms with Gasteiger partial charge in [0.2, 0.25) is 0 Å². The van der Waals surface area contributed by atoms with Gasteiger partial charge in [0.15, 0.2) is 0 Å². The van der Waals surface area contributed by atoms with Crippen LogP contribution in [0.2, 0.25) is 0 Å². The molecule has 0 N–H and O–H groups in total. The Morgan fingerprint density at radius 1 is 1.54 bits per heavy atom. The molecule has 13 heavy (non-hydrogen) atoms. The van der Waals surface area contributed by atoms with Crippen molar-refractivity contribution < 1.29 is 17.9 Å². The Balaban J connectivity index is 3.02. The Hall–Kier alpha value is -0.800. The first kappa shape index (κ1) is 10.3. The van der Waals surface area contributed by atoms with Crippen molar-refractivity contribution in [1.82, 2.24) is 4.90 Å². The number of ether oxygens (including phenoxy) is 1. The van der Waals surface area contributed by atoms with Crippen LogP contribution in [-0.4, -0.2) is 37.0 Å². The molecule has 0 spiro atoms. The molecule has 0 saturated carbocycles. The number of alkyl halides is 3. The van der Waals surface area contributed by atoms with Crippen LogP contribution in [0, 0.1) is 11.3 Å². The number of nitrogens with zero attached hydrogens (tertiary/aromatic N) is 2. The normalized spacial score (nSPS) is 38.9. The molecule has 1 saturated heterocycles. The lowest BCUT2D eigenvalue weighted by Gasteiger charge is -2.30. The topological polar surface area (TPSA) is 36.3 Å². The molecule has 1 heterocycles. The van der Waals surface area contributed by atoms with Crippen LogP contribution in [0.15, 0.2) is 0 Å². The largest absolute Gasteiger partial charge is 0.334 e. The minimum absolute atomic E-state index is 0.604. The van der Waals surface area contributed by atoms with Crippen LogP contribution in [0.4, 0.5) is 13.2 Å². The summed E-state index contributed by atoms with van der Waals surface area (Å²) < 4.78 is 43.5. The zero-order chi connectivity index (χ0) is 10.3. The molecule has 0 amide bonds. The van der Waals surface area contributed by atoms with Crippen LogP contribution >= 0.6 is 0 Å². The predicted octanol–water partition coefficient (Wildman–Crippen LogP) is 1.12. The zero-order valence-electron chi connectivity index (χ0n) is 7.22. The zero-order valence-corrected chi connectivity index (χ0v) is 7.22. The van der Waals surface area contributed by atoms with Gasteiger partial charge < -0.3 is 4.74 Å². The van der Waals surface area contributed by atoms with E-state index in [4.69, 9.17) is 5.26 Å². The van der Waals surface area contributed by atoms with Crippen molar-refractivity contribution in [3.8, 4) is 6.07 Å². The quantitative estimate of drug-likeness (QED) is 0.587. The molecular weight excluding hydrogens is 185 g/mol.